The van der Waals surface area contributed by atoms with Crippen LogP contribution >= 0.6 is 11.3 Å². The maximum atomic E-state index is 12.8. The Bertz CT molecular complexity index is 1270. The molecule has 0 saturated heterocycles. The third-order valence-electron chi connectivity index (χ3n) is 4.64. The van der Waals surface area contributed by atoms with Crippen LogP contribution in [0.3, 0.4) is 0 Å². The number of hydrogen-bond donors (Lipinski definition) is 2. The van der Waals surface area contributed by atoms with Crippen molar-refractivity contribution >= 4 is 39.3 Å². The number of carbonyl (C=O) groups excluding carboxylic acids is 2. The molecule has 0 radical (unpaired) electrons. The molecule has 0 saturated carbocycles. The highest BCUT2D eigenvalue weighted by Crippen LogP contribution is 2.27. The Labute approximate surface area is 182 Å². The molecule has 4 aromatic heterocycles. The molecule has 0 unspecified atom stereocenters. The van der Waals surface area contributed by atoms with Crippen LogP contribution in [0.1, 0.15) is 48.6 Å². The number of carbonyl (C=O) groups is 2. The number of amides is 2. The van der Waals surface area contributed by atoms with Crippen molar-refractivity contribution in [2.75, 3.05) is 5.32 Å². The lowest BCUT2D eigenvalue weighted by Crippen LogP contribution is -2.18. The van der Waals surface area contributed by atoms with Gasteiger partial charge in [0.15, 0.2) is 16.5 Å². The van der Waals surface area contributed by atoms with Crippen molar-refractivity contribution in [1.29, 1.82) is 0 Å². The van der Waals surface area contributed by atoms with E-state index in [1.165, 1.54) is 18.3 Å². The van der Waals surface area contributed by atoms with Gasteiger partial charge in [-0.25, -0.2) is 14.6 Å². The highest BCUT2D eigenvalue weighted by molar-refractivity contribution is 7.14. The summed E-state index contributed by atoms with van der Waals surface area (Å²) in [4.78, 5) is 32.9. The van der Waals surface area contributed by atoms with Crippen LogP contribution in [0, 0.1) is 6.92 Å². The van der Waals surface area contributed by atoms with E-state index in [1.807, 2.05) is 18.5 Å². The first kappa shape index (κ1) is 20.7. The Kier molecular flexibility index (Phi) is 5.55. The van der Waals surface area contributed by atoms with Crippen molar-refractivity contribution in [3.8, 4) is 11.5 Å². The largest absolute Gasteiger partial charge is 0.458 e. The van der Waals surface area contributed by atoms with Gasteiger partial charge in [-0.15, -0.1) is 11.3 Å². The Balaban J connectivity index is 1.50. The smallest absolute Gasteiger partial charge is 0.259 e. The van der Waals surface area contributed by atoms with Crippen LogP contribution in [-0.4, -0.2) is 31.6 Å². The predicted molar refractivity (Wildman–Crippen MR) is 118 cm³/mol. The van der Waals surface area contributed by atoms with Crippen molar-refractivity contribution < 1.29 is 14.0 Å². The Morgan fingerprint density at radius 1 is 1.26 bits per heavy atom. The number of aryl methyl sites for hydroxylation is 1. The summed E-state index contributed by atoms with van der Waals surface area (Å²) in [6.45, 7) is 7.63. The summed E-state index contributed by atoms with van der Waals surface area (Å²) >= 11 is 1.30. The molecule has 0 fully saturated rings. The summed E-state index contributed by atoms with van der Waals surface area (Å²) in [5, 5.41) is 12.9. The number of rotatable bonds is 6. The summed E-state index contributed by atoms with van der Waals surface area (Å²) in [6.07, 6.45) is 1.72. The van der Waals surface area contributed by atoms with Gasteiger partial charge in [0.05, 0.1) is 24.0 Å². The molecule has 2 N–H and O–H groups in total. The number of thiazole rings is 1. The fraction of sp³-hybridized carbons (Fsp3) is 0.286. The molecule has 160 valence electrons. The number of anilines is 1. The first-order valence-electron chi connectivity index (χ1n) is 9.77. The first-order chi connectivity index (χ1) is 14.8. The molecule has 0 aliphatic carbocycles. The Hall–Kier alpha value is -3.53. The molecule has 0 spiro atoms. The topological polar surface area (TPSA) is 115 Å². The van der Waals surface area contributed by atoms with Crippen molar-refractivity contribution in [2.45, 2.75) is 40.3 Å². The van der Waals surface area contributed by atoms with Crippen LogP contribution in [0.15, 0.2) is 34.2 Å². The van der Waals surface area contributed by atoms with Crippen LogP contribution in [0.5, 0.6) is 0 Å². The molecule has 2 amide bonds. The summed E-state index contributed by atoms with van der Waals surface area (Å²) < 4.78 is 7.54. The molecule has 31 heavy (non-hydrogen) atoms. The van der Waals surface area contributed by atoms with Crippen molar-refractivity contribution in [3.63, 3.8) is 0 Å². The molecule has 0 aliphatic rings. The van der Waals surface area contributed by atoms with Crippen molar-refractivity contribution in [3.05, 3.63) is 46.8 Å². The minimum atomic E-state index is -0.282. The SMILES string of the molecule is CC(=O)NCc1ccc(-c2csc(NC(=O)c3cc4cnn(C(C)C)c4nc3C)n2)o1. The maximum absolute atomic E-state index is 12.8. The number of hydrogen-bond acceptors (Lipinski definition) is 7. The van der Waals surface area contributed by atoms with Gasteiger partial charge in [-0.05, 0) is 39.0 Å². The summed E-state index contributed by atoms with van der Waals surface area (Å²) in [6, 6.07) is 5.54. The lowest BCUT2D eigenvalue weighted by atomic mass is 10.1. The number of nitrogens with zero attached hydrogens (tertiary/aromatic N) is 4. The number of nitrogens with one attached hydrogen (secondary N) is 2. The van der Waals surface area contributed by atoms with E-state index in [1.54, 1.807) is 36.7 Å². The van der Waals surface area contributed by atoms with Gasteiger partial charge in [-0.1, -0.05) is 0 Å². The van der Waals surface area contributed by atoms with Crippen LogP contribution in [0.2, 0.25) is 0 Å². The van der Waals surface area contributed by atoms with Gasteiger partial charge in [-0.2, -0.15) is 5.10 Å². The zero-order valence-electron chi connectivity index (χ0n) is 17.6. The molecule has 9 nitrogen and oxygen atoms in total. The molecular formula is C21H22N6O3S. The number of pyridine rings is 1. The molecule has 10 heteroatoms. The van der Waals surface area contributed by atoms with Crippen LogP contribution in [0.25, 0.3) is 22.5 Å². The fourth-order valence-electron chi connectivity index (χ4n) is 3.10. The second kappa shape index (κ2) is 8.31. The van der Waals surface area contributed by atoms with E-state index in [2.05, 4.69) is 25.7 Å². The first-order valence-corrected chi connectivity index (χ1v) is 10.6. The number of furan rings is 1. The van der Waals surface area contributed by atoms with Gasteiger partial charge >= 0.3 is 0 Å². The van der Waals surface area contributed by atoms with Crippen LogP contribution in [-0.2, 0) is 11.3 Å². The average Bonchev–Trinajstić information content (AvgIpc) is 3.44. The quantitative estimate of drug-likeness (QED) is 0.471. The molecule has 0 atom stereocenters. The lowest BCUT2D eigenvalue weighted by molar-refractivity contribution is -0.119. The molecule has 4 heterocycles. The number of fused-ring (bicyclic) bond motifs is 1. The van der Waals surface area contributed by atoms with Gasteiger partial charge in [0.25, 0.3) is 5.91 Å². The van der Waals surface area contributed by atoms with E-state index in [0.717, 1.165) is 11.0 Å². The molecule has 4 rings (SSSR count). The predicted octanol–water partition coefficient (Wildman–Crippen LogP) is 3.93. The lowest BCUT2D eigenvalue weighted by Gasteiger charge is -2.09. The average molecular weight is 439 g/mol. The molecule has 0 aromatic carbocycles. The fourth-order valence-corrected chi connectivity index (χ4v) is 3.80. The van der Waals surface area contributed by atoms with E-state index >= 15 is 0 Å². The third kappa shape index (κ3) is 4.33. The van der Waals surface area contributed by atoms with Gasteiger partial charge in [0.2, 0.25) is 5.91 Å². The monoisotopic (exact) mass is 438 g/mol. The van der Waals surface area contributed by atoms with E-state index in [-0.39, 0.29) is 17.9 Å². The second-order valence-electron chi connectivity index (χ2n) is 7.38. The summed E-state index contributed by atoms with van der Waals surface area (Å²) in [5.74, 6) is 0.783. The van der Waals surface area contributed by atoms with Gasteiger partial charge in [0, 0.05) is 23.7 Å². The van der Waals surface area contributed by atoms with Gasteiger partial charge in [-0.3, -0.25) is 14.9 Å². The minimum absolute atomic E-state index is 0.129. The molecule has 0 bridgehead atoms. The highest BCUT2D eigenvalue weighted by Gasteiger charge is 2.17. The van der Waals surface area contributed by atoms with Crippen molar-refractivity contribution in [2.24, 2.45) is 0 Å². The zero-order chi connectivity index (χ0) is 22.1. The minimum Gasteiger partial charge on any atom is -0.458 e. The van der Waals surface area contributed by atoms with Gasteiger partial charge < -0.3 is 9.73 Å². The van der Waals surface area contributed by atoms with E-state index in [4.69, 9.17) is 4.42 Å². The maximum Gasteiger partial charge on any atom is 0.259 e. The van der Waals surface area contributed by atoms with Gasteiger partial charge in [0.1, 0.15) is 11.5 Å². The molecule has 4 aromatic rings. The Morgan fingerprint density at radius 2 is 2.06 bits per heavy atom. The van der Waals surface area contributed by atoms with Crippen LogP contribution in [0.4, 0.5) is 5.13 Å². The standard InChI is InChI=1S/C21H22N6O3S/c1-11(2)27-19-14(8-23-27)7-16(12(3)24-19)20(29)26-21-25-17(10-31-21)18-6-5-15(30-18)9-22-13(4)28/h5-8,10-11H,9H2,1-4H3,(H,22,28)(H,25,26,29). The molecular weight excluding hydrogens is 416 g/mol. The second-order valence-corrected chi connectivity index (χ2v) is 8.24. The Morgan fingerprint density at radius 3 is 2.81 bits per heavy atom. The normalized spacial score (nSPS) is 11.3. The third-order valence-corrected chi connectivity index (χ3v) is 5.40. The number of aromatic nitrogens is 4. The van der Waals surface area contributed by atoms with E-state index in [0.29, 0.717) is 40.1 Å². The summed E-state index contributed by atoms with van der Waals surface area (Å²) in [7, 11) is 0. The molecule has 0 aliphatic heterocycles. The summed E-state index contributed by atoms with van der Waals surface area (Å²) in [5.41, 5.74) is 2.47. The zero-order valence-corrected chi connectivity index (χ0v) is 18.4. The van der Waals surface area contributed by atoms with E-state index < -0.39 is 0 Å². The highest BCUT2D eigenvalue weighted by atomic mass is 32.1. The van der Waals surface area contributed by atoms with E-state index in [9.17, 15) is 9.59 Å². The van der Waals surface area contributed by atoms with Crippen molar-refractivity contribution in [1.82, 2.24) is 25.1 Å². The van der Waals surface area contributed by atoms with Crippen LogP contribution < -0.4 is 10.6 Å².